The summed E-state index contributed by atoms with van der Waals surface area (Å²) in [5.41, 5.74) is 25.4. The Labute approximate surface area is 147 Å². The molecule has 0 radical (unpaired) electrons. The first-order valence-electron chi connectivity index (χ1n) is 5.58. The fourth-order valence-electron chi connectivity index (χ4n) is 0.456. The number of hydrogen-bond acceptors (Lipinski definition) is 6. The first-order chi connectivity index (χ1) is 8.51. The summed E-state index contributed by atoms with van der Waals surface area (Å²) in [6, 6.07) is 0. The van der Waals surface area contributed by atoms with Crippen LogP contribution in [0.3, 0.4) is 0 Å². The molecule has 0 aromatic rings. The molecule has 4 nitrogen and oxygen atoms in total. The Morgan fingerprint density at radius 2 is 1.05 bits per heavy atom. The minimum atomic E-state index is -2.62. The molecule has 0 amide bonds. The van der Waals surface area contributed by atoms with E-state index in [0.717, 1.165) is 11.5 Å². The first kappa shape index (κ1) is 22.2. The molecule has 0 fully saturated rings. The molecule has 0 aliphatic heterocycles. The SMILES string of the molecule is NC(=S)SCCSC(N)=S.[CH3][Zn]([CH3])([C](N)=S)[C](N)=S. The number of nitrogens with two attached hydrogens (primary N) is 4. The van der Waals surface area contributed by atoms with Crippen molar-refractivity contribution in [3.63, 3.8) is 0 Å². The van der Waals surface area contributed by atoms with E-state index < -0.39 is 14.8 Å². The molecule has 19 heavy (non-hydrogen) atoms. The molecular formula is C8H18N4S6Zn. The quantitative estimate of drug-likeness (QED) is 0.294. The van der Waals surface area contributed by atoms with Crippen LogP contribution in [-0.2, 0) is 14.8 Å². The average Bonchev–Trinajstić information content (AvgIpc) is 2.24. The van der Waals surface area contributed by atoms with Crippen LogP contribution in [0.25, 0.3) is 0 Å². The average molecular weight is 428 g/mol. The molecule has 0 heterocycles. The Morgan fingerprint density at radius 1 is 0.789 bits per heavy atom. The molecule has 8 N–H and O–H groups in total. The van der Waals surface area contributed by atoms with E-state index in [-0.39, 0.29) is 0 Å². The van der Waals surface area contributed by atoms with Gasteiger partial charge in [-0.15, -0.1) is 0 Å². The molecule has 0 bridgehead atoms. The van der Waals surface area contributed by atoms with Gasteiger partial charge in [0, 0.05) is 11.5 Å². The maximum absolute atomic E-state index is 5.43. The molecule has 0 rings (SSSR count). The molecule has 11 heteroatoms. The summed E-state index contributed by atoms with van der Waals surface area (Å²) in [6.07, 6.45) is 0. The molecule has 0 saturated heterocycles. The molecule has 0 aromatic heterocycles. The third-order valence-electron chi connectivity index (χ3n) is 2.31. The summed E-state index contributed by atoms with van der Waals surface area (Å²) < 4.78 is 2.07. The molecular weight excluding hydrogens is 410 g/mol. The molecule has 0 atom stereocenters. The number of thioether (sulfide) groups is 2. The van der Waals surface area contributed by atoms with Crippen LogP contribution in [0, 0.1) is 0 Å². The van der Waals surface area contributed by atoms with Gasteiger partial charge in [-0.1, -0.05) is 48.0 Å². The van der Waals surface area contributed by atoms with Crippen molar-refractivity contribution in [1.82, 2.24) is 0 Å². The van der Waals surface area contributed by atoms with E-state index in [1.54, 1.807) is 0 Å². The second kappa shape index (κ2) is 11.5. The molecule has 0 saturated carbocycles. The molecule has 0 aliphatic carbocycles. The van der Waals surface area contributed by atoms with E-state index in [2.05, 4.69) is 24.4 Å². The fourth-order valence-corrected chi connectivity index (χ4v) is 4.84. The van der Waals surface area contributed by atoms with Gasteiger partial charge in [0.25, 0.3) is 0 Å². The van der Waals surface area contributed by atoms with Crippen molar-refractivity contribution in [3.8, 4) is 0 Å². The van der Waals surface area contributed by atoms with Gasteiger partial charge in [0.2, 0.25) is 0 Å². The summed E-state index contributed by atoms with van der Waals surface area (Å²) in [6.45, 7) is 0. The zero-order chi connectivity index (χ0) is 15.6. The van der Waals surface area contributed by atoms with E-state index in [0.29, 0.717) is 15.8 Å². The van der Waals surface area contributed by atoms with Crippen LogP contribution in [0.15, 0.2) is 0 Å². The van der Waals surface area contributed by atoms with Gasteiger partial charge in [-0.25, -0.2) is 0 Å². The van der Waals surface area contributed by atoms with Crippen molar-refractivity contribution in [2.45, 2.75) is 11.0 Å². The number of rotatable bonds is 5. The predicted molar refractivity (Wildman–Crippen MR) is 104 cm³/mol. The Kier molecular flexibility index (Phi) is 13.5. The Bertz CT molecular complexity index is 327. The van der Waals surface area contributed by atoms with E-state index >= 15 is 0 Å². The van der Waals surface area contributed by atoms with Crippen LogP contribution in [-0.4, -0.2) is 27.3 Å². The van der Waals surface area contributed by atoms with Gasteiger partial charge in [-0.05, 0) is 0 Å². The standard InChI is InChI=1S/C4H8N2S4.2CH2NS.2CH3.Zn/c5-3(7)9-1-2-10-4(6)8;2*2-1-3;;;/h1-2H2,(H2,5,7)(H2,6,8);2*(H2,2,3);2*1H3;. The molecule has 0 aromatic carbocycles. The van der Waals surface area contributed by atoms with E-state index in [1.165, 1.54) is 23.5 Å². The first-order valence-corrected chi connectivity index (χ1v) is 18.1. The predicted octanol–water partition coefficient (Wildman–Crippen LogP) is 1.66. The zero-order valence-corrected chi connectivity index (χ0v) is 18.7. The van der Waals surface area contributed by atoms with Crippen LogP contribution in [0.5, 0.6) is 0 Å². The Hall–Kier alpha value is 0.883. The van der Waals surface area contributed by atoms with Crippen molar-refractivity contribution in [2.75, 3.05) is 11.5 Å². The van der Waals surface area contributed by atoms with E-state index in [1.807, 2.05) is 11.0 Å². The summed E-state index contributed by atoms with van der Waals surface area (Å²) in [7, 11) is 0. The van der Waals surface area contributed by atoms with Gasteiger partial charge in [0.15, 0.2) is 0 Å². The van der Waals surface area contributed by atoms with Crippen LogP contribution in [0.1, 0.15) is 0 Å². The van der Waals surface area contributed by atoms with Gasteiger partial charge in [-0.3, -0.25) is 0 Å². The van der Waals surface area contributed by atoms with Crippen molar-refractivity contribution >= 4 is 88.2 Å². The van der Waals surface area contributed by atoms with Gasteiger partial charge >= 0.3 is 68.9 Å². The molecule has 0 spiro atoms. The normalized spacial score (nSPS) is 9.16. The van der Waals surface area contributed by atoms with E-state index in [4.69, 9.17) is 47.4 Å². The van der Waals surface area contributed by atoms with Crippen LogP contribution >= 0.6 is 72.4 Å². The minimum absolute atomic E-state index is 0.475. The number of hydrogen-bond donors (Lipinski definition) is 4. The van der Waals surface area contributed by atoms with E-state index in [9.17, 15) is 0 Å². The van der Waals surface area contributed by atoms with Crippen molar-refractivity contribution < 1.29 is 14.8 Å². The van der Waals surface area contributed by atoms with Crippen molar-refractivity contribution in [1.29, 1.82) is 0 Å². The molecule has 108 valence electrons. The summed E-state index contributed by atoms with van der Waals surface area (Å²) in [5, 5.41) is 0. The fraction of sp³-hybridized carbons (Fsp3) is 0.500. The third-order valence-corrected chi connectivity index (χ3v) is 19.5. The Balaban J connectivity index is 0. The second-order valence-corrected chi connectivity index (χ2v) is 24.3. The van der Waals surface area contributed by atoms with Crippen LogP contribution in [0.4, 0.5) is 0 Å². The van der Waals surface area contributed by atoms with Crippen molar-refractivity contribution in [3.05, 3.63) is 0 Å². The molecule has 0 unspecified atom stereocenters. The van der Waals surface area contributed by atoms with Gasteiger partial charge in [-0.2, -0.15) is 0 Å². The summed E-state index contributed by atoms with van der Waals surface area (Å²) in [4.78, 5) is 0. The summed E-state index contributed by atoms with van der Waals surface area (Å²) >= 11 is 19.2. The second-order valence-electron chi connectivity index (χ2n) is 4.57. The maximum atomic E-state index is 5.43. The zero-order valence-electron chi connectivity index (χ0n) is 10.9. The summed E-state index contributed by atoms with van der Waals surface area (Å²) in [5.74, 6) is 1.74. The van der Waals surface area contributed by atoms with Gasteiger partial charge < -0.3 is 11.5 Å². The number of thiocarbonyl (C=S) groups is 4. The van der Waals surface area contributed by atoms with Crippen molar-refractivity contribution in [2.24, 2.45) is 22.9 Å². The van der Waals surface area contributed by atoms with Crippen LogP contribution in [0.2, 0.25) is 11.0 Å². The Morgan fingerprint density at radius 3 is 1.16 bits per heavy atom. The van der Waals surface area contributed by atoms with Gasteiger partial charge in [0.05, 0.1) is 0 Å². The van der Waals surface area contributed by atoms with Gasteiger partial charge in [0.1, 0.15) is 8.64 Å². The van der Waals surface area contributed by atoms with Crippen LogP contribution < -0.4 is 22.9 Å². The third kappa shape index (κ3) is 13.6. The topological polar surface area (TPSA) is 104 Å². The molecule has 0 aliphatic rings. The monoisotopic (exact) mass is 426 g/mol.